The second-order valence-electron chi connectivity index (χ2n) is 5.94. The third kappa shape index (κ3) is 7.21. The van der Waals surface area contributed by atoms with Crippen LogP contribution in [0.5, 0.6) is 0 Å². The van der Waals surface area contributed by atoms with Gasteiger partial charge in [0.25, 0.3) is 0 Å². The van der Waals surface area contributed by atoms with Crippen LogP contribution in [0.25, 0.3) is 0 Å². The summed E-state index contributed by atoms with van der Waals surface area (Å²) in [5, 5.41) is 16.5. The summed E-state index contributed by atoms with van der Waals surface area (Å²) in [7, 11) is 0. The fourth-order valence-electron chi connectivity index (χ4n) is 1.68. The van der Waals surface area contributed by atoms with E-state index in [0.29, 0.717) is 0 Å². The first-order valence-corrected chi connectivity index (χ1v) is 7.73. The SMILES string of the molecule is Cc1ccc(COC(=O)OCC(C)(CO)C(=O)OCCC(=N)N)cc1. The largest absolute Gasteiger partial charge is 0.508 e. The number of nitrogens with two attached hydrogens (primary N) is 1. The molecule has 0 aliphatic rings. The minimum Gasteiger partial charge on any atom is -0.465 e. The van der Waals surface area contributed by atoms with Crippen molar-refractivity contribution >= 4 is 18.0 Å². The number of carbonyl (C=O) groups is 2. The zero-order valence-corrected chi connectivity index (χ0v) is 14.4. The highest BCUT2D eigenvalue weighted by molar-refractivity contribution is 5.79. The topological polar surface area (TPSA) is 132 Å². The summed E-state index contributed by atoms with van der Waals surface area (Å²) in [5.41, 5.74) is 5.64. The number of esters is 1. The van der Waals surface area contributed by atoms with E-state index in [-0.39, 0.29) is 25.5 Å². The molecule has 4 N–H and O–H groups in total. The Morgan fingerprint density at radius 3 is 2.40 bits per heavy atom. The summed E-state index contributed by atoms with van der Waals surface area (Å²) < 4.78 is 14.8. The number of aliphatic hydroxyl groups is 1. The Labute approximate surface area is 146 Å². The summed E-state index contributed by atoms with van der Waals surface area (Å²) in [4.78, 5) is 23.6. The normalized spacial score (nSPS) is 12.8. The van der Waals surface area contributed by atoms with Gasteiger partial charge in [0, 0.05) is 6.42 Å². The van der Waals surface area contributed by atoms with E-state index in [4.69, 9.17) is 25.4 Å². The van der Waals surface area contributed by atoms with Crippen LogP contribution in [0.15, 0.2) is 24.3 Å². The summed E-state index contributed by atoms with van der Waals surface area (Å²) in [6, 6.07) is 7.44. The number of hydrogen-bond acceptors (Lipinski definition) is 7. The molecule has 0 fully saturated rings. The second kappa shape index (κ2) is 9.63. The summed E-state index contributed by atoms with van der Waals surface area (Å²) in [6.45, 7) is 2.34. The highest BCUT2D eigenvalue weighted by Gasteiger charge is 2.36. The number of benzene rings is 1. The van der Waals surface area contributed by atoms with Crippen LogP contribution >= 0.6 is 0 Å². The van der Waals surface area contributed by atoms with Gasteiger partial charge in [-0.25, -0.2) is 4.79 Å². The molecule has 0 aliphatic carbocycles. The Hall–Kier alpha value is -2.61. The van der Waals surface area contributed by atoms with Gasteiger partial charge in [-0.05, 0) is 19.4 Å². The number of hydrogen-bond donors (Lipinski definition) is 3. The summed E-state index contributed by atoms with van der Waals surface area (Å²) in [6.07, 6.45) is -0.857. The molecule has 0 saturated heterocycles. The molecule has 0 saturated carbocycles. The van der Waals surface area contributed by atoms with E-state index in [2.05, 4.69) is 0 Å². The van der Waals surface area contributed by atoms with Gasteiger partial charge in [-0.3, -0.25) is 10.2 Å². The number of nitrogens with one attached hydrogen (secondary N) is 1. The molecule has 1 unspecified atom stereocenters. The van der Waals surface area contributed by atoms with Crippen molar-refractivity contribution in [3.05, 3.63) is 35.4 Å². The molecule has 25 heavy (non-hydrogen) atoms. The maximum atomic E-state index is 12.0. The van der Waals surface area contributed by atoms with Gasteiger partial charge in [0.05, 0.1) is 19.0 Å². The van der Waals surface area contributed by atoms with E-state index in [1.807, 2.05) is 31.2 Å². The smallest absolute Gasteiger partial charge is 0.465 e. The van der Waals surface area contributed by atoms with E-state index in [9.17, 15) is 14.7 Å². The number of carbonyl (C=O) groups excluding carboxylic acids is 2. The van der Waals surface area contributed by atoms with Crippen LogP contribution in [0.4, 0.5) is 4.79 Å². The number of aliphatic hydroxyl groups excluding tert-OH is 1. The minimum atomic E-state index is -1.42. The van der Waals surface area contributed by atoms with E-state index in [0.717, 1.165) is 11.1 Å². The van der Waals surface area contributed by atoms with Gasteiger partial charge in [0.15, 0.2) is 0 Å². The minimum absolute atomic E-state index is 0.0397. The molecule has 0 heterocycles. The van der Waals surface area contributed by atoms with Crippen molar-refractivity contribution in [1.29, 1.82) is 5.41 Å². The molecular formula is C17H24N2O6. The average Bonchev–Trinajstić information content (AvgIpc) is 2.58. The fourth-order valence-corrected chi connectivity index (χ4v) is 1.68. The maximum absolute atomic E-state index is 12.0. The van der Waals surface area contributed by atoms with Gasteiger partial charge < -0.3 is 25.1 Å². The molecular weight excluding hydrogens is 328 g/mol. The molecule has 0 aromatic heterocycles. The van der Waals surface area contributed by atoms with E-state index in [1.54, 1.807) is 0 Å². The van der Waals surface area contributed by atoms with E-state index in [1.165, 1.54) is 6.92 Å². The average molecular weight is 352 g/mol. The van der Waals surface area contributed by atoms with Crippen molar-refractivity contribution < 1.29 is 28.9 Å². The number of ether oxygens (including phenoxy) is 3. The van der Waals surface area contributed by atoms with Gasteiger partial charge in [-0.15, -0.1) is 0 Å². The Morgan fingerprint density at radius 1 is 1.20 bits per heavy atom. The number of aryl methyl sites for hydroxylation is 1. The highest BCUT2D eigenvalue weighted by atomic mass is 16.7. The first-order chi connectivity index (χ1) is 11.8. The van der Waals surface area contributed by atoms with Crippen LogP contribution in [0, 0.1) is 17.7 Å². The van der Waals surface area contributed by atoms with Crippen LogP contribution in [0.1, 0.15) is 24.5 Å². The van der Waals surface area contributed by atoms with Crippen LogP contribution in [0.2, 0.25) is 0 Å². The molecule has 0 aliphatic heterocycles. The summed E-state index contributed by atoms with van der Waals surface area (Å²) in [5.74, 6) is -0.864. The Balaban J connectivity index is 2.43. The van der Waals surface area contributed by atoms with Crippen molar-refractivity contribution in [3.63, 3.8) is 0 Å². The van der Waals surface area contributed by atoms with Gasteiger partial charge in [0.2, 0.25) is 0 Å². The Kier molecular flexibility index (Phi) is 7.87. The highest BCUT2D eigenvalue weighted by Crippen LogP contribution is 2.19. The van der Waals surface area contributed by atoms with Crippen molar-refractivity contribution in [2.45, 2.75) is 26.9 Å². The standard InChI is InChI=1S/C17H24N2O6/c1-12-3-5-13(6-4-12)9-24-16(22)25-11-17(2,10-20)15(21)23-8-7-14(18)19/h3-6,20H,7-11H2,1-2H3,(H3,18,19). The molecule has 0 spiro atoms. The van der Waals surface area contributed by atoms with Crippen molar-refractivity contribution in [2.75, 3.05) is 19.8 Å². The van der Waals surface area contributed by atoms with Gasteiger partial charge in [-0.2, -0.15) is 0 Å². The maximum Gasteiger partial charge on any atom is 0.508 e. The number of amidine groups is 1. The third-order valence-electron chi connectivity index (χ3n) is 3.43. The van der Waals surface area contributed by atoms with Crippen molar-refractivity contribution in [1.82, 2.24) is 0 Å². The molecule has 1 aromatic carbocycles. The summed E-state index contributed by atoms with van der Waals surface area (Å²) >= 11 is 0. The van der Waals surface area contributed by atoms with E-state index < -0.39 is 30.8 Å². The molecule has 8 heteroatoms. The molecule has 1 rings (SSSR count). The lowest BCUT2D eigenvalue weighted by Crippen LogP contribution is -2.39. The Morgan fingerprint density at radius 2 is 1.84 bits per heavy atom. The van der Waals surface area contributed by atoms with E-state index >= 15 is 0 Å². The van der Waals surface area contributed by atoms with Crippen LogP contribution in [-0.2, 0) is 25.6 Å². The molecule has 138 valence electrons. The first-order valence-electron chi connectivity index (χ1n) is 7.73. The molecule has 8 nitrogen and oxygen atoms in total. The predicted molar refractivity (Wildman–Crippen MR) is 90.0 cm³/mol. The third-order valence-corrected chi connectivity index (χ3v) is 3.43. The zero-order chi connectivity index (χ0) is 18.9. The lowest BCUT2D eigenvalue weighted by molar-refractivity contribution is -0.160. The number of rotatable bonds is 9. The first kappa shape index (κ1) is 20.4. The lowest BCUT2D eigenvalue weighted by Gasteiger charge is -2.24. The van der Waals surface area contributed by atoms with Crippen LogP contribution < -0.4 is 5.73 Å². The zero-order valence-electron chi connectivity index (χ0n) is 14.4. The molecule has 1 aromatic rings. The lowest BCUT2D eigenvalue weighted by atomic mass is 9.93. The van der Waals surface area contributed by atoms with Crippen molar-refractivity contribution in [3.8, 4) is 0 Å². The van der Waals surface area contributed by atoms with Gasteiger partial charge in [-0.1, -0.05) is 29.8 Å². The van der Waals surface area contributed by atoms with Crippen LogP contribution in [0.3, 0.4) is 0 Å². The fraction of sp³-hybridized carbons (Fsp3) is 0.471. The molecule has 1 atom stereocenters. The monoisotopic (exact) mass is 352 g/mol. The van der Waals surface area contributed by atoms with Crippen LogP contribution in [-0.4, -0.2) is 42.9 Å². The van der Waals surface area contributed by atoms with Gasteiger partial charge >= 0.3 is 12.1 Å². The predicted octanol–water partition coefficient (Wildman–Crippen LogP) is 1.52. The van der Waals surface area contributed by atoms with Crippen molar-refractivity contribution in [2.24, 2.45) is 11.1 Å². The Bertz CT molecular complexity index is 602. The quantitative estimate of drug-likeness (QED) is 0.349. The molecule has 0 bridgehead atoms. The molecule has 0 radical (unpaired) electrons. The second-order valence-corrected chi connectivity index (χ2v) is 5.94. The molecule has 0 amide bonds. The van der Waals surface area contributed by atoms with Gasteiger partial charge in [0.1, 0.15) is 18.6 Å².